The number of aryl methyl sites for hydroxylation is 2. The van der Waals surface area contributed by atoms with Gasteiger partial charge in [0.2, 0.25) is 5.95 Å². The molecule has 3 nitrogen and oxygen atoms in total. The van der Waals surface area contributed by atoms with Crippen LogP contribution < -0.4 is 5.32 Å². The maximum Gasteiger partial charge on any atom is 0.227 e. The Morgan fingerprint density at radius 1 is 1.36 bits per heavy atom. The normalized spacial score (nSPS) is 11.2. The average Bonchev–Trinajstić information content (AvgIpc) is 2.12. The van der Waals surface area contributed by atoms with Crippen LogP contribution in [0.25, 0.3) is 0 Å². The molecule has 0 aliphatic rings. The summed E-state index contributed by atoms with van der Waals surface area (Å²) in [4.78, 5) is 8.52. The van der Waals surface area contributed by atoms with Crippen LogP contribution in [-0.4, -0.2) is 9.97 Å². The van der Waals surface area contributed by atoms with Crippen molar-refractivity contribution in [2.75, 3.05) is 5.32 Å². The van der Waals surface area contributed by atoms with Crippen LogP contribution in [0.5, 0.6) is 0 Å². The number of nitrogens with one attached hydrogen (secondary N) is 1. The average molecular weight is 189 g/mol. The Hall–Kier alpha value is -1.64. The third-order valence-corrected chi connectivity index (χ3v) is 1.77. The highest BCUT2D eigenvalue weighted by Crippen LogP contribution is 2.06. The molecular formula is C11H15N3. The summed E-state index contributed by atoms with van der Waals surface area (Å²) < 4.78 is 0. The van der Waals surface area contributed by atoms with Gasteiger partial charge in [0, 0.05) is 17.1 Å². The lowest BCUT2D eigenvalue weighted by molar-refractivity contribution is 1.05. The van der Waals surface area contributed by atoms with Gasteiger partial charge in [-0.25, -0.2) is 9.97 Å². The third-order valence-electron chi connectivity index (χ3n) is 1.77. The molecule has 0 saturated heterocycles. The molecule has 0 fully saturated rings. The number of anilines is 1. The zero-order chi connectivity index (χ0) is 10.6. The van der Waals surface area contributed by atoms with Crippen molar-refractivity contribution in [3.63, 3.8) is 0 Å². The van der Waals surface area contributed by atoms with Crippen molar-refractivity contribution in [3.05, 3.63) is 41.9 Å². The third kappa shape index (κ3) is 2.69. The molecule has 1 rings (SSSR count). The van der Waals surface area contributed by atoms with Crippen molar-refractivity contribution in [1.82, 2.24) is 9.97 Å². The molecule has 0 atom stereocenters. The van der Waals surface area contributed by atoms with E-state index in [0.29, 0.717) is 5.95 Å². The molecule has 0 amide bonds. The van der Waals surface area contributed by atoms with Crippen LogP contribution >= 0.6 is 0 Å². The molecule has 0 bridgehead atoms. The SMILES string of the molecule is C=C/C(=C\C)Nc1nc(C)cc(C)n1. The minimum Gasteiger partial charge on any atom is -0.325 e. The topological polar surface area (TPSA) is 37.8 Å². The van der Waals surface area contributed by atoms with Crippen LogP contribution in [-0.2, 0) is 0 Å². The highest BCUT2D eigenvalue weighted by atomic mass is 15.1. The molecule has 1 aromatic rings. The first kappa shape index (κ1) is 10.4. The van der Waals surface area contributed by atoms with E-state index in [-0.39, 0.29) is 0 Å². The summed E-state index contributed by atoms with van der Waals surface area (Å²) in [7, 11) is 0. The smallest absolute Gasteiger partial charge is 0.227 e. The van der Waals surface area contributed by atoms with Gasteiger partial charge in [0.25, 0.3) is 0 Å². The van der Waals surface area contributed by atoms with E-state index in [9.17, 15) is 0 Å². The number of rotatable bonds is 3. The molecule has 3 heteroatoms. The molecular weight excluding hydrogens is 174 g/mol. The van der Waals surface area contributed by atoms with E-state index in [2.05, 4.69) is 21.9 Å². The molecule has 0 radical (unpaired) electrons. The molecule has 74 valence electrons. The molecule has 1 heterocycles. The Bertz CT molecular complexity index is 347. The highest BCUT2D eigenvalue weighted by molar-refractivity contribution is 5.39. The highest BCUT2D eigenvalue weighted by Gasteiger charge is 1.98. The van der Waals surface area contributed by atoms with Crippen LogP contribution in [0.2, 0.25) is 0 Å². The van der Waals surface area contributed by atoms with Gasteiger partial charge >= 0.3 is 0 Å². The van der Waals surface area contributed by atoms with Gasteiger partial charge < -0.3 is 5.32 Å². The summed E-state index contributed by atoms with van der Waals surface area (Å²) in [5.41, 5.74) is 2.83. The van der Waals surface area contributed by atoms with Gasteiger partial charge in [-0.2, -0.15) is 0 Å². The summed E-state index contributed by atoms with van der Waals surface area (Å²) >= 11 is 0. The predicted octanol–water partition coefficient (Wildman–Crippen LogP) is 2.60. The van der Waals surface area contributed by atoms with Gasteiger partial charge in [0.15, 0.2) is 0 Å². The van der Waals surface area contributed by atoms with Crippen molar-refractivity contribution < 1.29 is 0 Å². The lowest BCUT2D eigenvalue weighted by Crippen LogP contribution is -2.03. The molecule has 1 N–H and O–H groups in total. The number of nitrogens with zero attached hydrogens (tertiary/aromatic N) is 2. The molecule has 1 aromatic heterocycles. The summed E-state index contributed by atoms with van der Waals surface area (Å²) in [6.07, 6.45) is 3.66. The molecule has 0 aromatic carbocycles. The van der Waals surface area contributed by atoms with Crippen LogP contribution in [0, 0.1) is 13.8 Å². The van der Waals surface area contributed by atoms with Gasteiger partial charge in [0.05, 0.1) is 0 Å². The van der Waals surface area contributed by atoms with Gasteiger partial charge in [-0.3, -0.25) is 0 Å². The van der Waals surface area contributed by atoms with Gasteiger partial charge in [-0.1, -0.05) is 12.7 Å². The van der Waals surface area contributed by atoms with Crippen molar-refractivity contribution in [1.29, 1.82) is 0 Å². The van der Waals surface area contributed by atoms with Gasteiger partial charge in [-0.15, -0.1) is 0 Å². The minimum absolute atomic E-state index is 0.621. The monoisotopic (exact) mass is 189 g/mol. The Kier molecular flexibility index (Phi) is 3.40. The van der Waals surface area contributed by atoms with Gasteiger partial charge in [-0.05, 0) is 32.9 Å². The van der Waals surface area contributed by atoms with Crippen molar-refractivity contribution in [2.24, 2.45) is 0 Å². The Morgan fingerprint density at radius 2 is 1.93 bits per heavy atom. The molecule has 0 unspecified atom stereocenters. The van der Waals surface area contributed by atoms with E-state index in [1.807, 2.05) is 32.9 Å². The lowest BCUT2D eigenvalue weighted by Gasteiger charge is -2.06. The summed E-state index contributed by atoms with van der Waals surface area (Å²) in [6.45, 7) is 9.52. The number of hydrogen-bond donors (Lipinski definition) is 1. The van der Waals surface area contributed by atoms with Crippen molar-refractivity contribution in [2.45, 2.75) is 20.8 Å². The number of allylic oxidation sites excluding steroid dienone is 2. The quantitative estimate of drug-likeness (QED) is 0.743. The standard InChI is InChI=1S/C11H15N3/c1-5-10(6-2)14-11-12-8(3)7-9(4)13-11/h5-7H,1H2,2-4H3,(H,12,13,14)/b10-6+. The van der Waals surface area contributed by atoms with Crippen LogP contribution in [0.4, 0.5) is 5.95 Å². The van der Waals surface area contributed by atoms with E-state index in [4.69, 9.17) is 0 Å². The second-order valence-electron chi connectivity index (χ2n) is 3.05. The maximum atomic E-state index is 4.26. The van der Waals surface area contributed by atoms with E-state index in [1.165, 1.54) is 0 Å². The van der Waals surface area contributed by atoms with Crippen molar-refractivity contribution >= 4 is 5.95 Å². The second-order valence-corrected chi connectivity index (χ2v) is 3.05. The number of hydrogen-bond acceptors (Lipinski definition) is 3. The molecule has 0 aliphatic heterocycles. The molecule has 0 aliphatic carbocycles. The van der Waals surface area contributed by atoms with Crippen LogP contribution in [0.15, 0.2) is 30.5 Å². The Morgan fingerprint density at radius 3 is 2.36 bits per heavy atom. The first-order chi connectivity index (χ1) is 6.65. The fourth-order valence-corrected chi connectivity index (χ4v) is 1.15. The first-order valence-corrected chi connectivity index (χ1v) is 4.53. The largest absolute Gasteiger partial charge is 0.325 e. The van der Waals surface area contributed by atoms with Gasteiger partial charge in [0.1, 0.15) is 0 Å². The summed E-state index contributed by atoms with van der Waals surface area (Å²) in [6, 6.07) is 1.94. The zero-order valence-electron chi connectivity index (χ0n) is 8.83. The Balaban J connectivity index is 2.91. The first-order valence-electron chi connectivity index (χ1n) is 4.53. The van der Waals surface area contributed by atoms with Crippen molar-refractivity contribution in [3.8, 4) is 0 Å². The lowest BCUT2D eigenvalue weighted by atomic mass is 10.3. The fourth-order valence-electron chi connectivity index (χ4n) is 1.15. The van der Waals surface area contributed by atoms with E-state index >= 15 is 0 Å². The maximum absolute atomic E-state index is 4.26. The minimum atomic E-state index is 0.621. The predicted molar refractivity (Wildman–Crippen MR) is 59.1 cm³/mol. The van der Waals surface area contributed by atoms with E-state index in [1.54, 1.807) is 6.08 Å². The number of aromatic nitrogens is 2. The summed E-state index contributed by atoms with van der Waals surface area (Å²) in [5.74, 6) is 0.621. The zero-order valence-corrected chi connectivity index (χ0v) is 8.83. The second kappa shape index (κ2) is 4.56. The summed E-state index contributed by atoms with van der Waals surface area (Å²) in [5, 5.41) is 3.08. The van der Waals surface area contributed by atoms with Crippen LogP contribution in [0.3, 0.4) is 0 Å². The molecule has 0 spiro atoms. The fraction of sp³-hybridized carbons (Fsp3) is 0.273. The van der Waals surface area contributed by atoms with E-state index < -0.39 is 0 Å². The molecule has 0 saturated carbocycles. The molecule has 14 heavy (non-hydrogen) atoms. The Labute approximate surface area is 84.6 Å². The van der Waals surface area contributed by atoms with Crippen LogP contribution in [0.1, 0.15) is 18.3 Å². The van der Waals surface area contributed by atoms with E-state index in [0.717, 1.165) is 17.1 Å².